The Balaban J connectivity index is 1.55. The molecule has 1 aliphatic heterocycles. The first kappa shape index (κ1) is 25.1. The Morgan fingerprint density at radius 1 is 0.455 bits per heavy atom. The summed E-state index contributed by atoms with van der Waals surface area (Å²) in [5, 5.41) is 0. The minimum Gasteiger partial charge on any atom is -0.491 e. The molecular formula is C25H32O8. The van der Waals surface area contributed by atoms with Crippen molar-refractivity contribution in [2.45, 2.75) is 0 Å². The van der Waals surface area contributed by atoms with Crippen molar-refractivity contribution in [3.05, 3.63) is 59.7 Å². The molecule has 33 heavy (non-hydrogen) atoms. The van der Waals surface area contributed by atoms with Gasteiger partial charge in [-0.25, -0.2) is 0 Å². The number of carbonyl (C=O) groups is 1. The van der Waals surface area contributed by atoms with Crippen LogP contribution in [0.5, 0.6) is 11.5 Å². The summed E-state index contributed by atoms with van der Waals surface area (Å²) in [6.45, 7) is 5.58. The molecule has 180 valence electrons. The molecule has 2 aromatic rings. The number of rotatable bonds is 0. The van der Waals surface area contributed by atoms with E-state index in [-0.39, 0.29) is 5.78 Å². The number of hydrogen-bond acceptors (Lipinski definition) is 8. The second-order valence-electron chi connectivity index (χ2n) is 7.14. The third kappa shape index (κ3) is 9.89. The van der Waals surface area contributed by atoms with Crippen LogP contribution in [0.2, 0.25) is 0 Å². The van der Waals surface area contributed by atoms with Crippen LogP contribution in [0, 0.1) is 0 Å². The van der Waals surface area contributed by atoms with Gasteiger partial charge in [-0.15, -0.1) is 0 Å². The van der Waals surface area contributed by atoms with Gasteiger partial charge in [-0.2, -0.15) is 0 Å². The van der Waals surface area contributed by atoms with E-state index in [9.17, 15) is 4.79 Å². The van der Waals surface area contributed by atoms with Gasteiger partial charge in [0.1, 0.15) is 24.7 Å². The van der Waals surface area contributed by atoms with Crippen molar-refractivity contribution in [2.24, 2.45) is 0 Å². The summed E-state index contributed by atoms with van der Waals surface area (Å²) in [5.74, 6) is 1.14. The second kappa shape index (κ2) is 15.4. The van der Waals surface area contributed by atoms with Crippen molar-refractivity contribution in [1.29, 1.82) is 0 Å². The van der Waals surface area contributed by atoms with Gasteiger partial charge in [0.25, 0.3) is 0 Å². The minimum absolute atomic E-state index is 0.0990. The number of ketones is 1. The highest BCUT2D eigenvalue weighted by atomic mass is 16.6. The van der Waals surface area contributed by atoms with Gasteiger partial charge in [-0.1, -0.05) is 24.3 Å². The Morgan fingerprint density at radius 2 is 0.788 bits per heavy atom. The van der Waals surface area contributed by atoms with Crippen LogP contribution in [-0.4, -0.2) is 85.1 Å². The molecule has 0 aromatic heterocycles. The van der Waals surface area contributed by atoms with Crippen molar-refractivity contribution in [3.63, 3.8) is 0 Å². The van der Waals surface area contributed by atoms with Gasteiger partial charge >= 0.3 is 0 Å². The lowest BCUT2D eigenvalue weighted by atomic mass is 10.0. The molecule has 0 unspecified atom stereocenters. The Morgan fingerprint density at radius 3 is 1.15 bits per heavy atom. The van der Waals surface area contributed by atoms with Gasteiger partial charge in [-0.3, -0.25) is 4.79 Å². The van der Waals surface area contributed by atoms with Crippen molar-refractivity contribution in [1.82, 2.24) is 0 Å². The summed E-state index contributed by atoms with van der Waals surface area (Å²) in [5.41, 5.74) is 1.09. The standard InChI is InChI=1S/C25H32O8/c26-25-21-3-1-5-23(19-21)32-17-15-30-13-11-28-9-7-27-8-10-29-12-14-31-16-18-33-24-6-2-4-22(25)20-24/h1-6,19-20H,7-18H2. The number of fused-ring (bicyclic) bond motifs is 4. The largest absolute Gasteiger partial charge is 0.491 e. The molecule has 0 amide bonds. The van der Waals surface area contributed by atoms with Crippen LogP contribution in [0.1, 0.15) is 15.9 Å². The molecular weight excluding hydrogens is 428 g/mol. The maximum Gasteiger partial charge on any atom is 0.193 e. The van der Waals surface area contributed by atoms with E-state index in [1.807, 2.05) is 12.1 Å². The quantitative estimate of drug-likeness (QED) is 0.594. The Labute approximate surface area is 194 Å². The Bertz CT molecular complexity index is 760. The molecule has 2 aromatic carbocycles. The molecule has 3 rings (SSSR count). The van der Waals surface area contributed by atoms with E-state index in [1.54, 1.807) is 36.4 Å². The molecule has 1 aliphatic rings. The summed E-state index contributed by atoms with van der Waals surface area (Å²) in [6, 6.07) is 14.2. The van der Waals surface area contributed by atoms with E-state index in [1.165, 1.54) is 0 Å². The fourth-order valence-electron chi connectivity index (χ4n) is 3.04. The molecule has 4 bridgehead atoms. The first-order valence-electron chi connectivity index (χ1n) is 11.2. The van der Waals surface area contributed by atoms with Crippen LogP contribution >= 0.6 is 0 Å². The fourth-order valence-corrected chi connectivity index (χ4v) is 3.04. The monoisotopic (exact) mass is 460 g/mol. The van der Waals surface area contributed by atoms with Gasteiger partial charge in [0.05, 0.1) is 66.1 Å². The summed E-state index contributed by atoms with van der Waals surface area (Å²) in [7, 11) is 0. The zero-order chi connectivity index (χ0) is 23.0. The molecule has 0 fully saturated rings. The molecule has 1 heterocycles. The second-order valence-corrected chi connectivity index (χ2v) is 7.14. The lowest BCUT2D eigenvalue weighted by Crippen LogP contribution is -2.15. The normalized spacial score (nSPS) is 18.6. The van der Waals surface area contributed by atoms with Crippen LogP contribution in [0.4, 0.5) is 0 Å². The SMILES string of the molecule is O=C1c2cccc(c2)OCCOCCOCCOCCOCCOCCOc2cccc1c2. The predicted molar refractivity (Wildman–Crippen MR) is 121 cm³/mol. The van der Waals surface area contributed by atoms with Crippen LogP contribution < -0.4 is 9.47 Å². The van der Waals surface area contributed by atoms with Crippen molar-refractivity contribution in [3.8, 4) is 11.5 Å². The van der Waals surface area contributed by atoms with E-state index < -0.39 is 0 Å². The molecule has 0 saturated carbocycles. The first-order chi connectivity index (χ1) is 16.3. The van der Waals surface area contributed by atoms with Crippen molar-refractivity contribution < 1.29 is 38.0 Å². The molecule has 8 nitrogen and oxygen atoms in total. The zero-order valence-corrected chi connectivity index (χ0v) is 18.9. The summed E-state index contributed by atoms with van der Waals surface area (Å²) >= 11 is 0. The van der Waals surface area contributed by atoms with Crippen LogP contribution in [0.3, 0.4) is 0 Å². The lowest BCUT2D eigenvalue weighted by molar-refractivity contribution is -0.0141. The topological polar surface area (TPSA) is 81.7 Å². The van der Waals surface area contributed by atoms with Crippen molar-refractivity contribution in [2.75, 3.05) is 79.3 Å². The Kier molecular flexibility index (Phi) is 11.7. The zero-order valence-electron chi connectivity index (χ0n) is 18.9. The molecule has 0 spiro atoms. The molecule has 0 aliphatic carbocycles. The van der Waals surface area contributed by atoms with Gasteiger partial charge in [0, 0.05) is 11.1 Å². The van der Waals surface area contributed by atoms with Crippen molar-refractivity contribution >= 4 is 5.78 Å². The van der Waals surface area contributed by atoms with E-state index in [0.29, 0.717) is 102 Å². The summed E-state index contributed by atoms with van der Waals surface area (Å²) < 4.78 is 38.8. The van der Waals surface area contributed by atoms with E-state index in [0.717, 1.165) is 0 Å². The van der Waals surface area contributed by atoms with E-state index in [4.69, 9.17) is 33.2 Å². The van der Waals surface area contributed by atoms with Crippen LogP contribution in [-0.2, 0) is 23.7 Å². The number of carbonyl (C=O) groups excluding carboxylic acids is 1. The fraction of sp³-hybridized carbons (Fsp3) is 0.480. The summed E-state index contributed by atoms with van der Waals surface area (Å²) in [4.78, 5) is 12.9. The first-order valence-corrected chi connectivity index (χ1v) is 11.2. The third-order valence-corrected chi connectivity index (χ3v) is 4.67. The molecule has 8 heteroatoms. The smallest absolute Gasteiger partial charge is 0.193 e. The number of hydrogen-bond donors (Lipinski definition) is 0. The van der Waals surface area contributed by atoms with Gasteiger partial charge in [0.15, 0.2) is 5.78 Å². The van der Waals surface area contributed by atoms with E-state index in [2.05, 4.69) is 0 Å². The van der Waals surface area contributed by atoms with E-state index >= 15 is 0 Å². The Hall–Kier alpha value is -2.49. The highest BCUT2D eigenvalue weighted by molar-refractivity contribution is 6.09. The molecule has 0 N–H and O–H groups in total. The van der Waals surface area contributed by atoms with Gasteiger partial charge in [0.2, 0.25) is 0 Å². The number of ether oxygens (including phenoxy) is 7. The average molecular weight is 461 g/mol. The van der Waals surface area contributed by atoms with Gasteiger partial charge in [-0.05, 0) is 24.3 Å². The third-order valence-electron chi connectivity index (χ3n) is 4.67. The maximum absolute atomic E-state index is 12.9. The molecule has 0 radical (unpaired) electrons. The maximum atomic E-state index is 12.9. The summed E-state index contributed by atoms with van der Waals surface area (Å²) in [6.07, 6.45) is 0. The van der Waals surface area contributed by atoms with Crippen LogP contribution in [0.15, 0.2) is 48.5 Å². The molecule has 0 saturated heterocycles. The van der Waals surface area contributed by atoms with Gasteiger partial charge < -0.3 is 33.2 Å². The average Bonchev–Trinajstić information content (AvgIpc) is 2.85. The minimum atomic E-state index is -0.0990. The highest BCUT2D eigenvalue weighted by Crippen LogP contribution is 2.20. The molecule has 0 atom stereocenters. The highest BCUT2D eigenvalue weighted by Gasteiger charge is 2.11. The predicted octanol–water partition coefficient (Wildman–Crippen LogP) is 2.77. The van der Waals surface area contributed by atoms with Crippen LogP contribution in [0.25, 0.3) is 0 Å². The number of benzene rings is 2. The lowest BCUT2D eigenvalue weighted by Gasteiger charge is -2.11.